The smallest absolute Gasteiger partial charge is 0.193 e. The second-order valence-corrected chi connectivity index (χ2v) is 4.63. The number of hydrogen-bond acceptors (Lipinski definition) is 3. The Morgan fingerprint density at radius 1 is 1.35 bits per heavy atom. The molecule has 0 fully saturated rings. The first-order valence-electron chi connectivity index (χ1n) is 5.00. The fraction of sp³-hybridized carbons (Fsp3) is 0.167. The number of nitrogens with one attached hydrogen (secondary N) is 1. The highest BCUT2D eigenvalue weighted by Gasteiger charge is 2.04. The lowest BCUT2D eigenvalue weighted by Gasteiger charge is -2.09. The summed E-state index contributed by atoms with van der Waals surface area (Å²) in [5.74, 6) is 1.58. The van der Waals surface area contributed by atoms with E-state index in [0.29, 0.717) is 11.8 Å². The number of methoxy groups -OCH3 is 1. The topological polar surface area (TPSA) is 34.4 Å². The van der Waals surface area contributed by atoms with Crippen molar-refractivity contribution in [2.45, 2.75) is 6.54 Å². The highest BCUT2D eigenvalue weighted by Crippen LogP contribution is 2.27. The Kier molecular flexibility index (Phi) is 3.97. The van der Waals surface area contributed by atoms with Crippen molar-refractivity contribution in [3.63, 3.8) is 0 Å². The van der Waals surface area contributed by atoms with Gasteiger partial charge in [-0.3, -0.25) is 0 Å². The summed E-state index contributed by atoms with van der Waals surface area (Å²) in [4.78, 5) is 0. The Morgan fingerprint density at radius 2 is 2.18 bits per heavy atom. The number of anilines is 1. The van der Waals surface area contributed by atoms with Gasteiger partial charge in [-0.2, -0.15) is 0 Å². The molecule has 0 unspecified atom stereocenters. The molecule has 0 saturated heterocycles. The zero-order chi connectivity index (χ0) is 12.3. The fourth-order valence-electron chi connectivity index (χ4n) is 1.40. The Balaban J connectivity index is 2.07. The van der Waals surface area contributed by atoms with E-state index >= 15 is 0 Å². The van der Waals surface area contributed by atoms with E-state index in [0.717, 1.165) is 21.7 Å². The van der Waals surface area contributed by atoms with Crippen molar-refractivity contribution in [1.82, 2.24) is 0 Å². The van der Waals surface area contributed by atoms with Crippen LogP contribution in [0, 0.1) is 0 Å². The lowest BCUT2D eigenvalue weighted by atomic mass is 10.3. The van der Waals surface area contributed by atoms with Gasteiger partial charge in [-0.1, -0.05) is 0 Å². The maximum absolute atomic E-state index is 5.70. The average Bonchev–Trinajstić information content (AvgIpc) is 2.74. The molecule has 0 atom stereocenters. The summed E-state index contributed by atoms with van der Waals surface area (Å²) < 4.78 is 11.4. The molecule has 0 aliphatic rings. The molecule has 0 amide bonds. The van der Waals surface area contributed by atoms with Gasteiger partial charge in [0.2, 0.25) is 0 Å². The predicted octanol–water partition coefficient (Wildman–Crippen LogP) is 4.32. The average molecular weight is 317 g/mol. The molecule has 5 heteroatoms. The van der Waals surface area contributed by atoms with Gasteiger partial charge in [-0.15, -0.1) is 0 Å². The number of furan rings is 1. The second-order valence-electron chi connectivity index (χ2n) is 3.41. The largest absolute Gasteiger partial charge is 0.497 e. The van der Waals surface area contributed by atoms with Crippen LogP contribution in [0.4, 0.5) is 5.69 Å². The number of rotatable bonds is 4. The van der Waals surface area contributed by atoms with Crippen LogP contribution in [0.3, 0.4) is 0 Å². The van der Waals surface area contributed by atoms with Crippen molar-refractivity contribution in [1.29, 1.82) is 0 Å². The number of hydrogen-bond donors (Lipinski definition) is 1. The van der Waals surface area contributed by atoms with E-state index in [1.807, 2.05) is 24.3 Å². The number of halogens is 2. The Bertz CT molecular complexity index is 513. The minimum atomic E-state index is 0.395. The van der Waals surface area contributed by atoms with Gasteiger partial charge < -0.3 is 14.5 Å². The molecule has 0 bridgehead atoms. The lowest BCUT2D eigenvalue weighted by molar-refractivity contribution is 0.415. The van der Waals surface area contributed by atoms with Gasteiger partial charge in [-0.05, 0) is 51.8 Å². The van der Waals surface area contributed by atoms with Crippen LogP contribution in [0.25, 0.3) is 0 Å². The van der Waals surface area contributed by atoms with Crippen LogP contribution in [-0.4, -0.2) is 7.11 Å². The molecule has 90 valence electrons. The van der Waals surface area contributed by atoms with Gasteiger partial charge in [0.15, 0.2) is 5.22 Å². The molecule has 1 aromatic heterocycles. The molecular weight excluding hydrogens is 305 g/mol. The van der Waals surface area contributed by atoms with E-state index in [1.165, 1.54) is 0 Å². The molecule has 1 N–H and O–H groups in total. The summed E-state index contributed by atoms with van der Waals surface area (Å²) in [5, 5.41) is 3.63. The zero-order valence-corrected chi connectivity index (χ0v) is 11.5. The molecule has 17 heavy (non-hydrogen) atoms. The third kappa shape index (κ3) is 3.17. The minimum absolute atomic E-state index is 0.395. The van der Waals surface area contributed by atoms with Crippen molar-refractivity contribution in [3.8, 4) is 5.75 Å². The summed E-state index contributed by atoms with van der Waals surface area (Å²) in [6.45, 7) is 0.568. The van der Waals surface area contributed by atoms with E-state index in [2.05, 4.69) is 21.2 Å². The highest BCUT2D eigenvalue weighted by molar-refractivity contribution is 9.10. The zero-order valence-electron chi connectivity index (χ0n) is 9.17. The summed E-state index contributed by atoms with van der Waals surface area (Å²) in [5.41, 5.74) is 0.942. The normalized spacial score (nSPS) is 10.3. The first-order valence-corrected chi connectivity index (χ1v) is 6.18. The predicted molar refractivity (Wildman–Crippen MR) is 71.7 cm³/mol. The Hall–Kier alpha value is -1.13. The number of ether oxygens (including phenoxy) is 1. The molecule has 0 radical (unpaired) electrons. The van der Waals surface area contributed by atoms with Crippen molar-refractivity contribution in [3.05, 3.63) is 45.8 Å². The van der Waals surface area contributed by atoms with E-state index < -0.39 is 0 Å². The van der Waals surface area contributed by atoms with Gasteiger partial charge in [0.25, 0.3) is 0 Å². The third-order valence-electron chi connectivity index (χ3n) is 2.26. The highest BCUT2D eigenvalue weighted by atomic mass is 79.9. The van der Waals surface area contributed by atoms with Gasteiger partial charge in [0.05, 0.1) is 19.3 Å². The Labute approximate surface area is 113 Å². The van der Waals surface area contributed by atoms with Gasteiger partial charge in [0, 0.05) is 10.5 Å². The molecule has 1 aromatic carbocycles. The molecule has 3 nitrogen and oxygen atoms in total. The van der Waals surface area contributed by atoms with E-state index in [4.69, 9.17) is 20.8 Å². The van der Waals surface area contributed by atoms with Crippen LogP contribution in [0.5, 0.6) is 5.75 Å². The summed E-state index contributed by atoms with van der Waals surface area (Å²) in [6.07, 6.45) is 0. The van der Waals surface area contributed by atoms with Gasteiger partial charge >= 0.3 is 0 Å². The minimum Gasteiger partial charge on any atom is -0.497 e. The maximum Gasteiger partial charge on any atom is 0.193 e. The van der Waals surface area contributed by atoms with Gasteiger partial charge in [0.1, 0.15) is 11.5 Å². The molecule has 0 spiro atoms. The van der Waals surface area contributed by atoms with Crippen molar-refractivity contribution in [2.24, 2.45) is 0 Å². The van der Waals surface area contributed by atoms with E-state index in [9.17, 15) is 0 Å². The quantitative estimate of drug-likeness (QED) is 0.912. The fourth-order valence-corrected chi connectivity index (χ4v) is 1.94. The van der Waals surface area contributed by atoms with Crippen LogP contribution in [0.2, 0.25) is 5.22 Å². The lowest BCUT2D eigenvalue weighted by Crippen LogP contribution is -1.99. The van der Waals surface area contributed by atoms with Crippen LogP contribution in [0.15, 0.2) is 39.2 Å². The third-order valence-corrected chi connectivity index (χ3v) is 3.15. The van der Waals surface area contributed by atoms with Crippen molar-refractivity contribution >= 4 is 33.2 Å². The van der Waals surface area contributed by atoms with Crippen LogP contribution in [-0.2, 0) is 6.54 Å². The maximum atomic E-state index is 5.70. The van der Waals surface area contributed by atoms with Crippen LogP contribution >= 0.6 is 27.5 Å². The first kappa shape index (κ1) is 12.3. The Morgan fingerprint density at radius 3 is 2.82 bits per heavy atom. The first-order chi connectivity index (χ1) is 8.19. The molecule has 0 saturated carbocycles. The monoisotopic (exact) mass is 315 g/mol. The van der Waals surface area contributed by atoms with Crippen LogP contribution in [0.1, 0.15) is 5.76 Å². The van der Waals surface area contributed by atoms with Crippen molar-refractivity contribution < 1.29 is 9.15 Å². The molecule has 0 aliphatic carbocycles. The summed E-state index contributed by atoms with van der Waals surface area (Å²) in [6, 6.07) is 9.28. The van der Waals surface area contributed by atoms with E-state index in [-0.39, 0.29) is 0 Å². The SMILES string of the molecule is COc1ccc(Br)c(NCc2ccc(Cl)o2)c1. The molecule has 2 aromatic rings. The molecular formula is C12H11BrClNO2. The number of benzene rings is 1. The van der Waals surface area contributed by atoms with E-state index in [1.54, 1.807) is 13.2 Å². The second kappa shape index (κ2) is 5.47. The summed E-state index contributed by atoms with van der Waals surface area (Å²) in [7, 11) is 1.64. The molecule has 1 heterocycles. The summed E-state index contributed by atoms with van der Waals surface area (Å²) >= 11 is 9.16. The van der Waals surface area contributed by atoms with Gasteiger partial charge in [-0.25, -0.2) is 0 Å². The van der Waals surface area contributed by atoms with Crippen molar-refractivity contribution in [2.75, 3.05) is 12.4 Å². The molecule has 2 rings (SSSR count). The van der Waals surface area contributed by atoms with Crippen LogP contribution < -0.4 is 10.1 Å². The standard InChI is InChI=1S/C12H11BrClNO2/c1-16-8-2-4-10(13)11(6-8)15-7-9-3-5-12(14)17-9/h2-6,15H,7H2,1H3. The molecule has 0 aliphatic heterocycles.